The lowest BCUT2D eigenvalue weighted by Crippen LogP contribution is -2.01. The van der Waals surface area contributed by atoms with Crippen molar-refractivity contribution in [3.63, 3.8) is 0 Å². The number of thiazole rings is 1. The van der Waals surface area contributed by atoms with E-state index in [1.54, 1.807) is 25.3 Å². The number of hydrogen-bond acceptors (Lipinski definition) is 6. The third-order valence-corrected chi connectivity index (χ3v) is 4.16. The van der Waals surface area contributed by atoms with Crippen LogP contribution in [0.5, 0.6) is 5.75 Å². The number of hydrogen-bond donors (Lipinski definition) is 1. The minimum Gasteiger partial charge on any atom is -0.497 e. The lowest BCUT2D eigenvalue weighted by Gasteiger charge is -2.05. The zero-order chi connectivity index (χ0) is 16.9. The van der Waals surface area contributed by atoms with E-state index in [-0.39, 0.29) is 5.97 Å². The van der Waals surface area contributed by atoms with Crippen molar-refractivity contribution in [3.8, 4) is 17.0 Å². The van der Waals surface area contributed by atoms with Crippen LogP contribution >= 0.6 is 11.3 Å². The highest BCUT2D eigenvalue weighted by Gasteiger charge is 2.08. The topological polar surface area (TPSA) is 60.5 Å². The van der Waals surface area contributed by atoms with Crippen LogP contribution in [0.3, 0.4) is 0 Å². The molecule has 0 radical (unpaired) electrons. The van der Waals surface area contributed by atoms with Crippen molar-refractivity contribution in [3.05, 3.63) is 59.5 Å². The van der Waals surface area contributed by atoms with Crippen molar-refractivity contribution in [2.75, 3.05) is 19.5 Å². The van der Waals surface area contributed by atoms with Gasteiger partial charge in [-0.3, -0.25) is 0 Å². The number of carbonyl (C=O) groups is 1. The van der Waals surface area contributed by atoms with Gasteiger partial charge in [0.1, 0.15) is 5.75 Å². The average molecular weight is 340 g/mol. The van der Waals surface area contributed by atoms with E-state index >= 15 is 0 Å². The van der Waals surface area contributed by atoms with E-state index in [1.165, 1.54) is 18.4 Å². The van der Waals surface area contributed by atoms with Crippen LogP contribution in [0.1, 0.15) is 10.4 Å². The van der Waals surface area contributed by atoms with Gasteiger partial charge in [-0.05, 0) is 30.3 Å². The first-order valence-electron chi connectivity index (χ1n) is 7.25. The van der Waals surface area contributed by atoms with Gasteiger partial charge in [0.05, 0.1) is 25.5 Å². The van der Waals surface area contributed by atoms with Gasteiger partial charge in [-0.1, -0.05) is 18.2 Å². The zero-order valence-corrected chi connectivity index (χ0v) is 14.1. The summed E-state index contributed by atoms with van der Waals surface area (Å²) < 4.78 is 9.97. The van der Waals surface area contributed by atoms with Crippen molar-refractivity contribution >= 4 is 28.1 Å². The molecule has 0 amide bonds. The number of methoxy groups -OCH3 is 2. The molecule has 0 spiro atoms. The Hall–Kier alpha value is -2.86. The predicted molar refractivity (Wildman–Crippen MR) is 95.2 cm³/mol. The van der Waals surface area contributed by atoms with Crippen LogP contribution in [0.2, 0.25) is 0 Å². The molecule has 2 aromatic carbocycles. The van der Waals surface area contributed by atoms with Gasteiger partial charge < -0.3 is 14.8 Å². The number of aromatic nitrogens is 1. The number of anilines is 2. The number of carbonyl (C=O) groups excluding carboxylic acids is 1. The van der Waals surface area contributed by atoms with Crippen LogP contribution < -0.4 is 10.1 Å². The maximum Gasteiger partial charge on any atom is 0.337 e. The maximum atomic E-state index is 11.6. The Bertz CT molecular complexity index is 861. The first-order chi connectivity index (χ1) is 11.7. The van der Waals surface area contributed by atoms with E-state index in [4.69, 9.17) is 9.47 Å². The molecule has 0 aliphatic heterocycles. The zero-order valence-electron chi connectivity index (χ0n) is 13.3. The molecule has 122 valence electrons. The molecular weight excluding hydrogens is 324 g/mol. The van der Waals surface area contributed by atoms with E-state index in [0.717, 1.165) is 27.8 Å². The predicted octanol–water partition coefficient (Wildman–Crippen LogP) is 4.35. The number of nitrogens with one attached hydrogen (secondary N) is 1. The van der Waals surface area contributed by atoms with Gasteiger partial charge in [-0.2, -0.15) is 0 Å². The van der Waals surface area contributed by atoms with Crippen molar-refractivity contribution < 1.29 is 14.3 Å². The SMILES string of the molecule is COC(=O)c1cccc(Nc2nc(-c3cccc(OC)c3)cs2)c1. The number of ether oxygens (including phenoxy) is 2. The van der Waals surface area contributed by atoms with E-state index in [1.807, 2.05) is 35.7 Å². The third kappa shape index (κ3) is 3.55. The van der Waals surface area contributed by atoms with Crippen LogP contribution in [-0.2, 0) is 4.74 Å². The standard InChI is InChI=1S/C18H16N2O3S/c1-22-15-8-4-5-12(10-15)16-11-24-18(20-16)19-14-7-3-6-13(9-14)17(21)23-2/h3-11H,1-2H3,(H,19,20). The monoisotopic (exact) mass is 340 g/mol. The second-order valence-corrected chi connectivity index (χ2v) is 5.83. The van der Waals surface area contributed by atoms with Crippen molar-refractivity contribution in [1.29, 1.82) is 0 Å². The fourth-order valence-electron chi connectivity index (χ4n) is 2.21. The molecular formula is C18H16N2O3S. The molecule has 0 aliphatic carbocycles. The first-order valence-corrected chi connectivity index (χ1v) is 8.13. The summed E-state index contributed by atoms with van der Waals surface area (Å²) >= 11 is 1.49. The summed E-state index contributed by atoms with van der Waals surface area (Å²) in [6, 6.07) is 14.9. The first kappa shape index (κ1) is 16.0. The molecule has 0 saturated carbocycles. The quantitative estimate of drug-likeness (QED) is 0.700. The lowest BCUT2D eigenvalue weighted by atomic mass is 10.2. The summed E-state index contributed by atoms with van der Waals surface area (Å²) in [7, 11) is 3.01. The second-order valence-electron chi connectivity index (χ2n) is 4.97. The molecule has 5 nitrogen and oxygen atoms in total. The highest BCUT2D eigenvalue weighted by atomic mass is 32.1. The molecule has 0 atom stereocenters. The molecule has 3 aromatic rings. The van der Waals surface area contributed by atoms with Crippen molar-refractivity contribution in [2.45, 2.75) is 0 Å². The van der Waals surface area contributed by atoms with Gasteiger partial charge in [0.25, 0.3) is 0 Å². The Morgan fingerprint density at radius 3 is 2.75 bits per heavy atom. The molecule has 0 aliphatic rings. The Labute approximate surface area is 143 Å². The number of benzene rings is 2. The molecule has 0 bridgehead atoms. The summed E-state index contributed by atoms with van der Waals surface area (Å²) in [4.78, 5) is 16.2. The van der Waals surface area contributed by atoms with Crippen molar-refractivity contribution in [2.24, 2.45) is 0 Å². The van der Waals surface area contributed by atoms with E-state index < -0.39 is 0 Å². The lowest BCUT2D eigenvalue weighted by molar-refractivity contribution is 0.0601. The largest absolute Gasteiger partial charge is 0.497 e. The van der Waals surface area contributed by atoms with Gasteiger partial charge >= 0.3 is 5.97 Å². The molecule has 6 heteroatoms. The van der Waals surface area contributed by atoms with Crippen molar-refractivity contribution in [1.82, 2.24) is 4.98 Å². The Morgan fingerprint density at radius 2 is 1.96 bits per heavy atom. The smallest absolute Gasteiger partial charge is 0.337 e. The molecule has 0 fully saturated rings. The second kappa shape index (κ2) is 7.14. The molecule has 1 N–H and O–H groups in total. The molecule has 3 rings (SSSR count). The van der Waals surface area contributed by atoms with Crippen LogP contribution in [0, 0.1) is 0 Å². The van der Waals surface area contributed by atoms with Crippen LogP contribution in [0.15, 0.2) is 53.9 Å². The molecule has 0 saturated heterocycles. The molecule has 0 unspecified atom stereocenters. The van der Waals surface area contributed by atoms with Gasteiger partial charge in [0, 0.05) is 16.6 Å². The van der Waals surface area contributed by atoms with Crippen LogP contribution in [0.25, 0.3) is 11.3 Å². The van der Waals surface area contributed by atoms with E-state index in [2.05, 4.69) is 10.3 Å². The summed E-state index contributed by atoms with van der Waals surface area (Å²) in [6.45, 7) is 0. The number of nitrogens with zero attached hydrogens (tertiary/aromatic N) is 1. The number of rotatable bonds is 5. The summed E-state index contributed by atoms with van der Waals surface area (Å²) in [6.07, 6.45) is 0. The van der Waals surface area contributed by atoms with Crippen LogP contribution in [0.4, 0.5) is 10.8 Å². The van der Waals surface area contributed by atoms with E-state index in [0.29, 0.717) is 5.56 Å². The fraction of sp³-hybridized carbons (Fsp3) is 0.111. The summed E-state index contributed by atoms with van der Waals surface area (Å²) in [5.74, 6) is 0.427. The van der Waals surface area contributed by atoms with Crippen LogP contribution in [-0.4, -0.2) is 25.2 Å². The van der Waals surface area contributed by atoms with Gasteiger partial charge in [0.15, 0.2) is 5.13 Å². The normalized spacial score (nSPS) is 10.2. The summed E-state index contributed by atoms with van der Waals surface area (Å²) in [5, 5.41) is 5.93. The molecule has 1 aromatic heterocycles. The Morgan fingerprint density at radius 1 is 1.12 bits per heavy atom. The average Bonchev–Trinajstić information content (AvgIpc) is 3.10. The van der Waals surface area contributed by atoms with Gasteiger partial charge in [-0.25, -0.2) is 9.78 Å². The van der Waals surface area contributed by atoms with Gasteiger partial charge in [-0.15, -0.1) is 11.3 Å². The molecule has 24 heavy (non-hydrogen) atoms. The minimum absolute atomic E-state index is 0.366. The summed E-state index contributed by atoms with van der Waals surface area (Å²) in [5.41, 5.74) is 3.13. The minimum atomic E-state index is -0.366. The third-order valence-electron chi connectivity index (χ3n) is 3.40. The Kier molecular flexibility index (Phi) is 4.77. The van der Waals surface area contributed by atoms with Gasteiger partial charge in [0.2, 0.25) is 0 Å². The molecule has 1 heterocycles. The number of esters is 1. The Balaban J connectivity index is 1.80. The fourth-order valence-corrected chi connectivity index (χ4v) is 2.95. The maximum absolute atomic E-state index is 11.6. The highest BCUT2D eigenvalue weighted by Crippen LogP contribution is 2.29. The van der Waals surface area contributed by atoms with E-state index in [9.17, 15) is 4.79 Å². The highest BCUT2D eigenvalue weighted by molar-refractivity contribution is 7.14.